The molecule has 0 bridgehead atoms. The Kier molecular flexibility index (Phi) is 4.45. The molecule has 0 radical (unpaired) electrons. The molecule has 0 spiro atoms. The number of likely N-dealkylation sites (tertiary alicyclic amines) is 1. The minimum atomic E-state index is -0.116. The molecular weight excluding hydrogens is 384 g/mol. The molecule has 0 N–H and O–H groups in total. The summed E-state index contributed by atoms with van der Waals surface area (Å²) >= 11 is 1.55. The average molecular weight is 404 g/mol. The van der Waals surface area contributed by atoms with Crippen LogP contribution in [0, 0.1) is 0 Å². The van der Waals surface area contributed by atoms with E-state index >= 15 is 0 Å². The molecule has 3 aromatic heterocycles. The fourth-order valence-electron chi connectivity index (χ4n) is 4.02. The summed E-state index contributed by atoms with van der Waals surface area (Å²) in [5.74, 6) is -0.0473. The number of thiophene rings is 1. The van der Waals surface area contributed by atoms with Crippen LogP contribution in [0.15, 0.2) is 64.9 Å². The predicted molar refractivity (Wildman–Crippen MR) is 116 cm³/mol. The van der Waals surface area contributed by atoms with E-state index in [1.165, 1.54) is 0 Å². The van der Waals surface area contributed by atoms with Crippen LogP contribution in [0.4, 0.5) is 0 Å². The first-order chi connectivity index (χ1) is 14.2. The number of carbonyl (C=O) groups excluding carboxylic acids is 1. The second kappa shape index (κ2) is 7.13. The first-order valence-corrected chi connectivity index (χ1v) is 10.5. The quantitative estimate of drug-likeness (QED) is 0.516. The van der Waals surface area contributed by atoms with Crippen LogP contribution in [0.25, 0.3) is 26.7 Å². The largest absolute Gasteiger partial charge is 0.383 e. The maximum atomic E-state index is 13.5. The van der Waals surface area contributed by atoms with Gasteiger partial charge in [-0.2, -0.15) is 0 Å². The first kappa shape index (κ1) is 18.1. The van der Waals surface area contributed by atoms with E-state index in [2.05, 4.69) is 0 Å². The van der Waals surface area contributed by atoms with Crippen molar-refractivity contribution >= 4 is 32.8 Å². The van der Waals surface area contributed by atoms with Crippen molar-refractivity contribution < 1.29 is 9.53 Å². The molecule has 146 valence electrons. The Morgan fingerprint density at radius 3 is 2.76 bits per heavy atom. The molecule has 29 heavy (non-hydrogen) atoms. The molecule has 4 heterocycles. The Morgan fingerprint density at radius 1 is 1.21 bits per heavy atom. The van der Waals surface area contributed by atoms with E-state index in [1.54, 1.807) is 35.1 Å². The van der Waals surface area contributed by atoms with E-state index in [0.29, 0.717) is 29.8 Å². The van der Waals surface area contributed by atoms with Gasteiger partial charge in [-0.3, -0.25) is 14.0 Å². The summed E-state index contributed by atoms with van der Waals surface area (Å²) in [5.41, 5.74) is 2.48. The summed E-state index contributed by atoms with van der Waals surface area (Å²) in [6.07, 6.45) is 2.71. The number of hydrogen-bond acceptors (Lipinski definition) is 4. The molecule has 1 aromatic carbocycles. The molecule has 0 unspecified atom stereocenters. The smallest absolute Gasteiger partial charge is 0.263 e. The summed E-state index contributed by atoms with van der Waals surface area (Å²) in [5, 5.41) is 3.03. The Hall–Kier alpha value is -2.96. The zero-order valence-corrected chi connectivity index (χ0v) is 16.8. The second-order valence-corrected chi connectivity index (χ2v) is 8.19. The van der Waals surface area contributed by atoms with Gasteiger partial charge in [-0.25, -0.2) is 0 Å². The summed E-state index contributed by atoms with van der Waals surface area (Å²) in [4.78, 5) is 28.7. The lowest BCUT2D eigenvalue weighted by Gasteiger charge is -2.40. The van der Waals surface area contributed by atoms with Crippen molar-refractivity contribution in [1.29, 1.82) is 0 Å². The van der Waals surface area contributed by atoms with Crippen LogP contribution in [0.3, 0.4) is 0 Å². The van der Waals surface area contributed by atoms with Crippen LogP contribution in [0.1, 0.15) is 16.8 Å². The van der Waals surface area contributed by atoms with Gasteiger partial charge < -0.3 is 9.64 Å². The van der Waals surface area contributed by atoms with Crippen molar-refractivity contribution in [3.63, 3.8) is 0 Å². The minimum Gasteiger partial charge on any atom is -0.383 e. The number of aromatic nitrogens is 1. The van der Waals surface area contributed by atoms with Crippen LogP contribution < -0.4 is 5.56 Å². The molecular formula is C23H20N2O3S. The summed E-state index contributed by atoms with van der Waals surface area (Å²) < 4.78 is 7.85. The first-order valence-electron chi connectivity index (χ1n) is 9.60. The summed E-state index contributed by atoms with van der Waals surface area (Å²) in [7, 11) is 1.65. The second-order valence-electron chi connectivity index (χ2n) is 7.28. The third-order valence-corrected chi connectivity index (χ3v) is 6.56. The lowest BCUT2D eigenvalue weighted by molar-refractivity contribution is 0.0203. The topological polar surface area (TPSA) is 51.0 Å². The highest BCUT2D eigenvalue weighted by molar-refractivity contribution is 7.18. The maximum absolute atomic E-state index is 13.5. The van der Waals surface area contributed by atoms with Gasteiger partial charge in [0.15, 0.2) is 0 Å². The summed E-state index contributed by atoms with van der Waals surface area (Å²) in [6.45, 7) is 1.23. The predicted octanol–water partition coefficient (Wildman–Crippen LogP) is 4.04. The molecule has 1 saturated heterocycles. The van der Waals surface area contributed by atoms with Gasteiger partial charge in [-0.05, 0) is 40.9 Å². The molecule has 1 aliphatic rings. The SMILES string of the molecule is COC[C@@H]1CCN1C(=O)c1cc(-c2ccccc2)c(=O)n2ccc3ccsc3c12. The molecule has 1 atom stereocenters. The average Bonchev–Trinajstić information content (AvgIpc) is 3.21. The zero-order chi connectivity index (χ0) is 20.0. The number of amides is 1. The van der Waals surface area contributed by atoms with Crippen molar-refractivity contribution in [2.75, 3.05) is 20.3 Å². The number of ether oxygens (including phenoxy) is 1. The maximum Gasteiger partial charge on any atom is 0.263 e. The van der Waals surface area contributed by atoms with E-state index in [9.17, 15) is 9.59 Å². The number of nitrogens with zero attached hydrogens (tertiary/aromatic N) is 2. The van der Waals surface area contributed by atoms with Gasteiger partial charge in [0.05, 0.1) is 28.4 Å². The highest BCUT2D eigenvalue weighted by Gasteiger charge is 2.34. The molecule has 1 fully saturated rings. The van der Waals surface area contributed by atoms with Gasteiger partial charge >= 0.3 is 0 Å². The van der Waals surface area contributed by atoms with Crippen molar-refractivity contribution in [2.45, 2.75) is 12.5 Å². The molecule has 1 amide bonds. The Balaban J connectivity index is 1.78. The van der Waals surface area contributed by atoms with E-state index in [1.807, 2.05) is 52.7 Å². The summed E-state index contributed by atoms with van der Waals surface area (Å²) in [6, 6.07) is 15.3. The van der Waals surface area contributed by atoms with Crippen molar-refractivity contribution in [1.82, 2.24) is 9.30 Å². The molecule has 4 aromatic rings. The van der Waals surface area contributed by atoms with Crippen molar-refractivity contribution in [2.24, 2.45) is 0 Å². The molecule has 0 saturated carbocycles. The number of rotatable bonds is 4. The molecule has 6 heteroatoms. The van der Waals surface area contributed by atoms with Crippen LogP contribution in [-0.4, -0.2) is 41.5 Å². The number of carbonyl (C=O) groups is 1. The third kappa shape index (κ3) is 2.87. The standard InChI is InChI=1S/C23H20N2O3S/c1-28-14-17-8-11-24(17)23(27)19-13-18(15-5-3-2-4-6-15)22(26)25-10-7-16-9-12-29-21(16)20(19)25/h2-7,9-10,12-13,17H,8,11,14H2,1H3/t17-/m0/s1. The van der Waals surface area contributed by atoms with Crippen LogP contribution in [0.2, 0.25) is 0 Å². The third-order valence-electron chi connectivity index (χ3n) is 5.63. The van der Waals surface area contributed by atoms with E-state index < -0.39 is 0 Å². The van der Waals surface area contributed by atoms with Crippen LogP contribution in [-0.2, 0) is 4.74 Å². The van der Waals surface area contributed by atoms with E-state index in [4.69, 9.17) is 4.74 Å². The molecule has 1 aliphatic heterocycles. The van der Waals surface area contributed by atoms with Crippen LogP contribution in [0.5, 0.6) is 0 Å². The Bertz CT molecular complexity index is 1280. The van der Waals surface area contributed by atoms with Crippen molar-refractivity contribution in [3.8, 4) is 11.1 Å². The molecule has 0 aliphatic carbocycles. The Morgan fingerprint density at radius 2 is 2.03 bits per heavy atom. The fraction of sp³-hybridized carbons (Fsp3) is 0.217. The number of hydrogen-bond donors (Lipinski definition) is 0. The number of methoxy groups -OCH3 is 1. The number of fused-ring (bicyclic) bond motifs is 3. The Labute approximate surface area is 171 Å². The zero-order valence-electron chi connectivity index (χ0n) is 16.0. The normalized spacial score (nSPS) is 16.3. The monoisotopic (exact) mass is 404 g/mol. The lowest BCUT2D eigenvalue weighted by atomic mass is 9.99. The number of benzene rings is 1. The highest BCUT2D eigenvalue weighted by Crippen LogP contribution is 2.31. The van der Waals surface area contributed by atoms with Gasteiger partial charge in [0.2, 0.25) is 0 Å². The van der Waals surface area contributed by atoms with Gasteiger partial charge in [-0.15, -0.1) is 11.3 Å². The van der Waals surface area contributed by atoms with Gasteiger partial charge in [0.1, 0.15) is 0 Å². The van der Waals surface area contributed by atoms with E-state index in [0.717, 1.165) is 22.1 Å². The van der Waals surface area contributed by atoms with Gasteiger partial charge in [-0.1, -0.05) is 30.3 Å². The lowest BCUT2D eigenvalue weighted by Crippen LogP contribution is -2.53. The number of pyridine rings is 2. The van der Waals surface area contributed by atoms with E-state index in [-0.39, 0.29) is 17.5 Å². The van der Waals surface area contributed by atoms with Gasteiger partial charge in [0.25, 0.3) is 11.5 Å². The highest BCUT2D eigenvalue weighted by atomic mass is 32.1. The molecule has 5 rings (SSSR count). The van der Waals surface area contributed by atoms with Crippen LogP contribution >= 0.6 is 11.3 Å². The van der Waals surface area contributed by atoms with Gasteiger partial charge in [0, 0.05) is 25.4 Å². The minimum absolute atomic E-state index is 0.0473. The fourth-order valence-corrected chi connectivity index (χ4v) is 4.97. The van der Waals surface area contributed by atoms with Crippen molar-refractivity contribution in [3.05, 3.63) is 76.0 Å². The molecule has 5 nitrogen and oxygen atoms in total.